The van der Waals surface area contributed by atoms with Crippen LogP contribution in [-0.2, 0) is 5.41 Å². The Bertz CT molecular complexity index is 755. The third-order valence-corrected chi connectivity index (χ3v) is 5.46. The molecule has 0 heterocycles. The molecule has 1 heteroatoms. The number of aryl methyl sites for hydroxylation is 3. The quantitative estimate of drug-likeness (QED) is 0.586. The van der Waals surface area contributed by atoms with Crippen molar-refractivity contribution in [2.24, 2.45) is 0 Å². The number of hydrogen-bond donors (Lipinski definition) is 0. The van der Waals surface area contributed by atoms with Crippen molar-refractivity contribution in [3.05, 3.63) is 70.3 Å². The fourth-order valence-corrected chi connectivity index (χ4v) is 3.40. The van der Waals surface area contributed by atoms with Crippen molar-refractivity contribution in [2.45, 2.75) is 52.9 Å². The van der Waals surface area contributed by atoms with E-state index >= 15 is 0 Å². The van der Waals surface area contributed by atoms with Gasteiger partial charge < -0.3 is 4.90 Å². The lowest BCUT2D eigenvalue weighted by Crippen LogP contribution is -2.21. The van der Waals surface area contributed by atoms with Crippen LogP contribution in [0, 0.1) is 20.8 Å². The summed E-state index contributed by atoms with van der Waals surface area (Å²) in [6, 6.07) is 13.5. The van der Waals surface area contributed by atoms with Gasteiger partial charge in [-0.25, -0.2) is 0 Å². The largest absolute Gasteiger partial charge is 0.378 e. The van der Waals surface area contributed by atoms with Gasteiger partial charge in [0, 0.05) is 19.8 Å². The highest BCUT2D eigenvalue weighted by Gasteiger charge is 2.24. The first kappa shape index (κ1) is 19.3. The van der Waals surface area contributed by atoms with Crippen molar-refractivity contribution < 1.29 is 0 Å². The van der Waals surface area contributed by atoms with E-state index in [9.17, 15) is 0 Å². The number of rotatable bonds is 6. The van der Waals surface area contributed by atoms with Gasteiger partial charge in [0.05, 0.1) is 0 Å². The van der Waals surface area contributed by atoms with E-state index < -0.39 is 0 Å². The number of allylic oxidation sites excluding steroid dienone is 1. The van der Waals surface area contributed by atoms with Crippen molar-refractivity contribution in [1.29, 1.82) is 0 Å². The molecule has 134 valence electrons. The second-order valence-corrected chi connectivity index (χ2v) is 7.77. The van der Waals surface area contributed by atoms with Crippen LogP contribution < -0.4 is 4.90 Å². The van der Waals surface area contributed by atoms with Gasteiger partial charge in [-0.15, -0.1) is 0 Å². The van der Waals surface area contributed by atoms with Gasteiger partial charge in [0.15, 0.2) is 0 Å². The SMILES string of the molecule is CCC(C)(C/C=C/c1ccc(N(C)C)cc1C)c1cc(C)ccc1C. The maximum absolute atomic E-state index is 2.39. The number of anilines is 1. The van der Waals surface area contributed by atoms with Crippen LogP contribution in [0.3, 0.4) is 0 Å². The van der Waals surface area contributed by atoms with E-state index in [0.717, 1.165) is 12.8 Å². The molecule has 0 bridgehead atoms. The second kappa shape index (κ2) is 7.91. The lowest BCUT2D eigenvalue weighted by molar-refractivity contribution is 0.459. The molecule has 0 fully saturated rings. The van der Waals surface area contributed by atoms with Crippen molar-refractivity contribution in [3.8, 4) is 0 Å². The molecule has 2 aromatic rings. The average Bonchev–Trinajstić information content (AvgIpc) is 2.58. The van der Waals surface area contributed by atoms with E-state index in [2.05, 4.69) is 102 Å². The molecule has 0 spiro atoms. The molecule has 25 heavy (non-hydrogen) atoms. The third kappa shape index (κ3) is 4.54. The first-order valence-electron chi connectivity index (χ1n) is 9.29. The summed E-state index contributed by atoms with van der Waals surface area (Å²) < 4.78 is 0. The Labute approximate surface area is 154 Å². The molecular formula is C24H33N. The van der Waals surface area contributed by atoms with Crippen LogP contribution in [-0.4, -0.2) is 14.1 Å². The van der Waals surface area contributed by atoms with E-state index in [1.165, 1.54) is 33.5 Å². The molecule has 0 aliphatic carbocycles. The summed E-state index contributed by atoms with van der Waals surface area (Å²) in [5, 5.41) is 0. The predicted octanol–water partition coefficient (Wildman–Crippen LogP) is 6.45. The Hall–Kier alpha value is -2.02. The molecule has 0 radical (unpaired) electrons. The average molecular weight is 336 g/mol. The number of hydrogen-bond acceptors (Lipinski definition) is 1. The molecule has 0 aliphatic heterocycles. The standard InChI is InChI=1S/C24H33N/c1-8-24(5,23-16-18(2)11-12-19(23)3)15-9-10-21-13-14-22(25(6)7)17-20(21)4/h9-14,16-17H,8,15H2,1-7H3/b10-9+. The lowest BCUT2D eigenvalue weighted by atomic mass is 9.75. The fraction of sp³-hybridized carbons (Fsp3) is 0.417. The van der Waals surface area contributed by atoms with Gasteiger partial charge >= 0.3 is 0 Å². The van der Waals surface area contributed by atoms with Crippen LogP contribution in [0.1, 0.15) is 54.5 Å². The van der Waals surface area contributed by atoms with Crippen LogP contribution >= 0.6 is 0 Å². The maximum atomic E-state index is 2.39. The molecule has 0 saturated carbocycles. The Morgan fingerprint density at radius 3 is 2.28 bits per heavy atom. The smallest absolute Gasteiger partial charge is 0.0364 e. The Kier molecular flexibility index (Phi) is 6.11. The molecule has 2 aromatic carbocycles. The summed E-state index contributed by atoms with van der Waals surface area (Å²) in [5.41, 5.74) is 8.30. The van der Waals surface area contributed by atoms with Gasteiger partial charge in [-0.3, -0.25) is 0 Å². The van der Waals surface area contributed by atoms with E-state index in [1.807, 2.05) is 0 Å². The monoisotopic (exact) mass is 335 g/mol. The van der Waals surface area contributed by atoms with Crippen molar-refractivity contribution in [3.63, 3.8) is 0 Å². The summed E-state index contributed by atoms with van der Waals surface area (Å²) in [6.45, 7) is 11.3. The van der Waals surface area contributed by atoms with Gasteiger partial charge in [-0.05, 0) is 73.4 Å². The molecule has 2 rings (SSSR count). The summed E-state index contributed by atoms with van der Waals surface area (Å²) >= 11 is 0. The molecular weight excluding hydrogens is 302 g/mol. The van der Waals surface area contributed by atoms with Crippen LogP contribution in [0.25, 0.3) is 6.08 Å². The highest BCUT2D eigenvalue weighted by molar-refractivity contribution is 5.60. The molecule has 1 unspecified atom stereocenters. The summed E-state index contributed by atoms with van der Waals surface area (Å²) in [5.74, 6) is 0. The van der Waals surface area contributed by atoms with E-state index in [1.54, 1.807) is 0 Å². The minimum atomic E-state index is 0.185. The van der Waals surface area contributed by atoms with Gasteiger partial charge in [-0.2, -0.15) is 0 Å². The van der Waals surface area contributed by atoms with Gasteiger partial charge in [0.2, 0.25) is 0 Å². The van der Waals surface area contributed by atoms with Crippen LogP contribution in [0.15, 0.2) is 42.5 Å². The van der Waals surface area contributed by atoms with Crippen LogP contribution in [0.2, 0.25) is 0 Å². The van der Waals surface area contributed by atoms with E-state index in [-0.39, 0.29) is 5.41 Å². The van der Waals surface area contributed by atoms with Crippen molar-refractivity contribution in [1.82, 2.24) is 0 Å². The zero-order valence-electron chi connectivity index (χ0n) is 17.0. The van der Waals surface area contributed by atoms with Gasteiger partial charge in [0.1, 0.15) is 0 Å². The normalized spacial score (nSPS) is 13.9. The van der Waals surface area contributed by atoms with Gasteiger partial charge in [-0.1, -0.05) is 55.8 Å². The van der Waals surface area contributed by atoms with Crippen molar-refractivity contribution in [2.75, 3.05) is 19.0 Å². The van der Waals surface area contributed by atoms with E-state index in [4.69, 9.17) is 0 Å². The fourth-order valence-electron chi connectivity index (χ4n) is 3.40. The third-order valence-electron chi connectivity index (χ3n) is 5.46. The zero-order chi connectivity index (χ0) is 18.6. The molecule has 0 N–H and O–H groups in total. The maximum Gasteiger partial charge on any atom is 0.0364 e. The summed E-state index contributed by atoms with van der Waals surface area (Å²) in [4.78, 5) is 2.15. The number of benzene rings is 2. The minimum absolute atomic E-state index is 0.185. The Morgan fingerprint density at radius 2 is 1.68 bits per heavy atom. The van der Waals surface area contributed by atoms with Crippen LogP contribution in [0.4, 0.5) is 5.69 Å². The highest BCUT2D eigenvalue weighted by Crippen LogP contribution is 2.34. The highest BCUT2D eigenvalue weighted by atomic mass is 15.1. The first-order chi connectivity index (χ1) is 11.8. The molecule has 1 atom stereocenters. The molecule has 0 saturated heterocycles. The predicted molar refractivity (Wildman–Crippen MR) is 113 cm³/mol. The van der Waals surface area contributed by atoms with Gasteiger partial charge in [0.25, 0.3) is 0 Å². The molecule has 0 aliphatic rings. The minimum Gasteiger partial charge on any atom is -0.378 e. The summed E-state index contributed by atoms with van der Waals surface area (Å²) in [7, 11) is 4.17. The molecule has 0 amide bonds. The molecule has 0 aromatic heterocycles. The topological polar surface area (TPSA) is 3.24 Å². The summed E-state index contributed by atoms with van der Waals surface area (Å²) in [6.07, 6.45) is 6.83. The molecule has 1 nitrogen and oxygen atoms in total. The lowest BCUT2D eigenvalue weighted by Gasteiger charge is -2.30. The number of nitrogens with zero attached hydrogens (tertiary/aromatic N) is 1. The second-order valence-electron chi connectivity index (χ2n) is 7.77. The Morgan fingerprint density at radius 1 is 0.960 bits per heavy atom. The Balaban J connectivity index is 2.22. The zero-order valence-corrected chi connectivity index (χ0v) is 17.0. The van der Waals surface area contributed by atoms with E-state index in [0.29, 0.717) is 0 Å². The van der Waals surface area contributed by atoms with Crippen molar-refractivity contribution >= 4 is 11.8 Å². The first-order valence-corrected chi connectivity index (χ1v) is 9.29. The van der Waals surface area contributed by atoms with Crippen LogP contribution in [0.5, 0.6) is 0 Å².